The van der Waals surface area contributed by atoms with Crippen LogP contribution >= 0.6 is 34.8 Å². The van der Waals surface area contributed by atoms with E-state index in [0.717, 1.165) is 11.6 Å². The summed E-state index contributed by atoms with van der Waals surface area (Å²) < 4.78 is 43.4. The van der Waals surface area contributed by atoms with Crippen molar-refractivity contribution in [2.45, 2.75) is 17.9 Å². The van der Waals surface area contributed by atoms with Crippen LogP contribution in [-0.4, -0.2) is 27.5 Å². The molecule has 0 fully saturated rings. The number of carbonyl (C=O) groups excluding carboxylic acids is 1. The van der Waals surface area contributed by atoms with E-state index in [9.17, 15) is 17.1 Å². The molecule has 0 saturated heterocycles. The lowest BCUT2D eigenvalue weighted by Crippen LogP contribution is -3.00. The van der Waals surface area contributed by atoms with Crippen LogP contribution < -0.4 is 31.6 Å². The molecule has 0 radical (unpaired) electrons. The van der Waals surface area contributed by atoms with Crippen molar-refractivity contribution in [2.24, 2.45) is 0 Å². The minimum atomic E-state index is -4.89. The van der Waals surface area contributed by atoms with Crippen LogP contribution in [0.4, 0.5) is 3.89 Å². The van der Waals surface area contributed by atoms with Gasteiger partial charge in [-0.2, -0.15) is 8.42 Å². The summed E-state index contributed by atoms with van der Waals surface area (Å²) >= 11 is 17.5. The van der Waals surface area contributed by atoms with Crippen molar-refractivity contribution in [3.63, 3.8) is 0 Å². The molecule has 1 heterocycles. The maximum atomic E-state index is 13.6. The summed E-state index contributed by atoms with van der Waals surface area (Å²) in [4.78, 5) is 11.5. The molecular weight excluding hydrogens is 594 g/mol. The first kappa shape index (κ1) is 28.3. The Kier molecular flexibility index (Phi) is 10.6. The zero-order chi connectivity index (χ0) is 24.0. The summed E-state index contributed by atoms with van der Waals surface area (Å²) in [6.07, 6.45) is 4.06. The molecular formula is C22H19BrCl3FN2O4S. The number of nitrogens with one attached hydrogen (secondary N) is 1. The second-order valence-corrected chi connectivity index (χ2v) is 9.60. The van der Waals surface area contributed by atoms with E-state index in [0.29, 0.717) is 28.8 Å². The van der Waals surface area contributed by atoms with Crippen molar-refractivity contribution in [3.05, 3.63) is 87.1 Å². The van der Waals surface area contributed by atoms with Crippen LogP contribution in [0, 0.1) is 0 Å². The molecule has 12 heteroatoms. The van der Waals surface area contributed by atoms with Crippen LogP contribution in [0.2, 0.25) is 15.1 Å². The van der Waals surface area contributed by atoms with Crippen LogP contribution in [0.3, 0.4) is 0 Å². The van der Waals surface area contributed by atoms with E-state index in [2.05, 4.69) is 5.32 Å². The third kappa shape index (κ3) is 8.39. The second kappa shape index (κ2) is 12.7. The van der Waals surface area contributed by atoms with E-state index in [-0.39, 0.29) is 46.6 Å². The first-order chi connectivity index (χ1) is 15.6. The van der Waals surface area contributed by atoms with Gasteiger partial charge in [0.2, 0.25) is 0 Å². The molecule has 6 nitrogen and oxygen atoms in total. The molecule has 0 aliphatic heterocycles. The van der Waals surface area contributed by atoms with Crippen LogP contribution in [0.15, 0.2) is 65.8 Å². The zero-order valence-electron chi connectivity index (χ0n) is 17.5. The van der Waals surface area contributed by atoms with Gasteiger partial charge in [-0.25, -0.2) is 4.57 Å². The van der Waals surface area contributed by atoms with Gasteiger partial charge in [-0.1, -0.05) is 34.8 Å². The minimum absolute atomic E-state index is 0. The molecule has 0 aliphatic carbocycles. The lowest BCUT2D eigenvalue weighted by atomic mass is 10.2. The van der Waals surface area contributed by atoms with E-state index < -0.39 is 15.1 Å². The van der Waals surface area contributed by atoms with Gasteiger partial charge in [0, 0.05) is 35.3 Å². The topological polar surface area (TPSA) is 76.3 Å². The van der Waals surface area contributed by atoms with Gasteiger partial charge < -0.3 is 27.0 Å². The third-order valence-electron chi connectivity index (χ3n) is 4.60. The quantitative estimate of drug-likeness (QED) is 0.293. The fraction of sp³-hybridized carbons (Fsp3) is 0.182. The highest BCUT2D eigenvalue weighted by Crippen LogP contribution is 2.26. The van der Waals surface area contributed by atoms with Crippen LogP contribution in [0.25, 0.3) is 0 Å². The van der Waals surface area contributed by atoms with Crippen LogP contribution in [0.5, 0.6) is 5.75 Å². The summed E-state index contributed by atoms with van der Waals surface area (Å²) in [5.41, 5.74) is 1.24. The number of ether oxygens (including phenoxy) is 1. The number of benzene rings is 2. The van der Waals surface area contributed by atoms with Gasteiger partial charge in [0.15, 0.2) is 25.5 Å². The maximum Gasteiger partial charge on any atom is 0.332 e. The summed E-state index contributed by atoms with van der Waals surface area (Å²) in [5.74, 6) is 0.159. The van der Waals surface area contributed by atoms with Gasteiger partial charge in [-0.05, 0) is 42.3 Å². The number of nitrogens with zero attached hydrogens (tertiary/aromatic N) is 1. The van der Waals surface area contributed by atoms with Crippen molar-refractivity contribution >= 4 is 50.9 Å². The minimum Gasteiger partial charge on any atom is -1.00 e. The molecule has 3 rings (SSSR count). The number of aromatic nitrogens is 1. The molecule has 0 saturated carbocycles. The fourth-order valence-corrected chi connectivity index (χ4v) is 4.19. The first-order valence-electron chi connectivity index (χ1n) is 9.67. The number of hydrogen-bond acceptors (Lipinski definition) is 4. The number of amides is 1. The molecule has 1 aromatic heterocycles. The van der Waals surface area contributed by atoms with E-state index in [4.69, 9.17) is 39.5 Å². The lowest BCUT2D eigenvalue weighted by molar-refractivity contribution is -0.688. The number of hydrogen-bond donors (Lipinski definition) is 1. The summed E-state index contributed by atoms with van der Waals surface area (Å²) in [6, 6.07) is 12.5. The summed E-state index contributed by atoms with van der Waals surface area (Å²) in [7, 11) is -4.89. The van der Waals surface area contributed by atoms with Crippen LogP contribution in [0.1, 0.15) is 11.1 Å². The predicted molar refractivity (Wildman–Crippen MR) is 124 cm³/mol. The Balaban J connectivity index is 0.00000408. The van der Waals surface area contributed by atoms with Crippen molar-refractivity contribution in [2.75, 3.05) is 13.2 Å². The normalized spacial score (nSPS) is 10.9. The molecule has 1 N–H and O–H groups in total. The zero-order valence-corrected chi connectivity index (χ0v) is 22.2. The van der Waals surface area contributed by atoms with E-state index in [1.807, 2.05) is 12.1 Å². The molecule has 1 amide bonds. The number of carbonyl (C=O) groups is 1. The Bertz CT molecular complexity index is 1260. The monoisotopic (exact) mass is 610 g/mol. The van der Waals surface area contributed by atoms with E-state index in [1.165, 1.54) is 18.2 Å². The van der Waals surface area contributed by atoms with E-state index >= 15 is 0 Å². The number of halogens is 5. The van der Waals surface area contributed by atoms with Crippen molar-refractivity contribution in [1.29, 1.82) is 0 Å². The molecule has 0 bridgehead atoms. The molecule has 3 aromatic rings. The summed E-state index contributed by atoms with van der Waals surface area (Å²) in [5, 5.41) is 3.64. The molecule has 2 aromatic carbocycles. The average molecular weight is 613 g/mol. The summed E-state index contributed by atoms with van der Waals surface area (Å²) in [6.45, 7) is 0.390. The Morgan fingerprint density at radius 1 is 1.00 bits per heavy atom. The third-order valence-corrected chi connectivity index (χ3v) is 6.48. The average Bonchev–Trinajstić information content (AvgIpc) is 2.76. The Hall–Kier alpha value is -1.91. The lowest BCUT2D eigenvalue weighted by Gasteiger charge is -2.08. The Morgan fingerprint density at radius 3 is 2.35 bits per heavy atom. The van der Waals surface area contributed by atoms with Gasteiger partial charge in [0.25, 0.3) is 5.91 Å². The SMILES string of the molecule is O=C(COc1ccc(Cl)c(Cl)c1)NCCc1cc[n+](Cc2ccc(Cl)cc2S(=O)(=O)F)cc1.[Br-]. The van der Waals surface area contributed by atoms with Gasteiger partial charge in [-0.15, -0.1) is 3.89 Å². The maximum absolute atomic E-state index is 13.6. The smallest absolute Gasteiger partial charge is 0.332 e. The Morgan fingerprint density at radius 2 is 1.71 bits per heavy atom. The molecule has 34 heavy (non-hydrogen) atoms. The highest BCUT2D eigenvalue weighted by atomic mass is 79.9. The Labute approximate surface area is 222 Å². The van der Waals surface area contributed by atoms with Crippen molar-refractivity contribution in [1.82, 2.24) is 5.32 Å². The molecule has 0 spiro atoms. The molecule has 0 aliphatic rings. The van der Waals surface area contributed by atoms with Gasteiger partial charge in [0.1, 0.15) is 10.6 Å². The molecule has 0 atom stereocenters. The van der Waals surface area contributed by atoms with E-state index in [1.54, 1.807) is 29.1 Å². The van der Waals surface area contributed by atoms with Gasteiger partial charge >= 0.3 is 10.2 Å². The number of pyridine rings is 1. The predicted octanol–water partition coefficient (Wildman–Crippen LogP) is 1.38. The van der Waals surface area contributed by atoms with Crippen molar-refractivity contribution < 1.29 is 43.4 Å². The molecule has 0 unspecified atom stereocenters. The first-order valence-corrected chi connectivity index (χ1v) is 12.2. The van der Waals surface area contributed by atoms with Crippen LogP contribution in [-0.2, 0) is 28.0 Å². The van der Waals surface area contributed by atoms with Gasteiger partial charge in [-0.3, -0.25) is 4.79 Å². The van der Waals surface area contributed by atoms with Crippen molar-refractivity contribution in [3.8, 4) is 5.75 Å². The highest BCUT2D eigenvalue weighted by molar-refractivity contribution is 7.86. The number of rotatable bonds is 9. The largest absolute Gasteiger partial charge is 1.00 e. The fourth-order valence-electron chi connectivity index (χ4n) is 2.96. The second-order valence-electron chi connectivity index (χ2n) is 7.03. The molecule has 182 valence electrons. The standard InChI is InChI=1S/C22H18Cl3FN2O4S.BrH/c23-17-2-1-16(21(11-17)33(26,30)31)13-28-9-6-15(7-10-28)5-8-27-22(29)14-32-18-3-4-19(24)20(25)12-18;/h1-4,6-7,9-12H,5,8,13-14H2;1H. The van der Waals surface area contributed by atoms with Gasteiger partial charge in [0.05, 0.1) is 10.0 Å². The highest BCUT2D eigenvalue weighted by Gasteiger charge is 2.20.